The fraction of sp³-hybridized carbons (Fsp3) is 0.636. The van der Waals surface area contributed by atoms with Crippen molar-refractivity contribution in [3.63, 3.8) is 0 Å². The summed E-state index contributed by atoms with van der Waals surface area (Å²) in [7, 11) is -3.98. The van der Waals surface area contributed by atoms with Crippen LogP contribution in [0.15, 0.2) is 4.90 Å². The molecular weight excluding hydrogens is 268 g/mol. The Balaban J connectivity index is 2.30. The highest BCUT2D eigenvalue weighted by molar-refractivity contribution is 7.89. The Morgan fingerprint density at radius 2 is 2.05 bits per heavy atom. The van der Waals surface area contributed by atoms with Crippen LogP contribution in [0, 0.1) is 12.8 Å². The molecular formula is C11H18N4O3S. The highest BCUT2D eigenvalue weighted by Crippen LogP contribution is 2.39. The maximum atomic E-state index is 12.2. The molecule has 0 bridgehead atoms. The third kappa shape index (κ3) is 2.79. The monoisotopic (exact) mass is 286 g/mol. The van der Waals surface area contributed by atoms with E-state index in [2.05, 4.69) is 15.5 Å². The number of aryl methyl sites for hydroxylation is 1. The smallest absolute Gasteiger partial charge is 0.273 e. The second kappa shape index (κ2) is 4.31. The summed E-state index contributed by atoms with van der Waals surface area (Å²) in [5.41, 5.74) is -0.287. The zero-order valence-electron chi connectivity index (χ0n) is 11.1. The number of aromatic amines is 1. The Bertz CT molecular complexity index is 614. The molecule has 1 aliphatic rings. The summed E-state index contributed by atoms with van der Waals surface area (Å²) >= 11 is 0. The van der Waals surface area contributed by atoms with Crippen LogP contribution in [0.25, 0.3) is 0 Å². The molecule has 1 heterocycles. The molecule has 0 atom stereocenters. The van der Waals surface area contributed by atoms with E-state index in [1.807, 2.05) is 13.8 Å². The molecule has 1 saturated carbocycles. The van der Waals surface area contributed by atoms with Gasteiger partial charge in [-0.2, -0.15) is 5.10 Å². The number of nitrogens with one attached hydrogen (secondary N) is 2. The third-order valence-corrected chi connectivity index (χ3v) is 4.49. The number of nitrogens with two attached hydrogens (primary N) is 1. The Morgan fingerprint density at radius 3 is 2.53 bits per heavy atom. The van der Waals surface area contributed by atoms with Crippen molar-refractivity contribution >= 4 is 15.9 Å². The molecule has 0 aromatic carbocycles. The minimum Gasteiger partial charge on any atom is -0.345 e. The van der Waals surface area contributed by atoms with Crippen molar-refractivity contribution in [1.29, 1.82) is 0 Å². The van der Waals surface area contributed by atoms with E-state index in [9.17, 15) is 13.2 Å². The molecule has 0 unspecified atom stereocenters. The van der Waals surface area contributed by atoms with Crippen LogP contribution in [-0.2, 0) is 10.0 Å². The minimum atomic E-state index is -3.98. The topological polar surface area (TPSA) is 118 Å². The van der Waals surface area contributed by atoms with Gasteiger partial charge in [0.1, 0.15) is 4.90 Å². The largest absolute Gasteiger partial charge is 0.345 e. The van der Waals surface area contributed by atoms with Crippen LogP contribution in [0.3, 0.4) is 0 Å². The molecule has 8 heteroatoms. The number of hydrogen-bond acceptors (Lipinski definition) is 4. The van der Waals surface area contributed by atoms with Gasteiger partial charge in [0.2, 0.25) is 10.0 Å². The third-order valence-electron chi connectivity index (χ3n) is 3.42. The lowest BCUT2D eigenvalue weighted by molar-refractivity contribution is 0.0894. The number of nitrogens with zero attached hydrogens (tertiary/aromatic N) is 1. The van der Waals surface area contributed by atoms with Crippen molar-refractivity contribution in [3.05, 3.63) is 11.4 Å². The van der Waals surface area contributed by atoms with Crippen LogP contribution in [0.2, 0.25) is 0 Å². The first-order valence-electron chi connectivity index (χ1n) is 6.03. The van der Waals surface area contributed by atoms with Crippen molar-refractivity contribution in [2.24, 2.45) is 11.1 Å². The number of carbonyl (C=O) groups is 1. The van der Waals surface area contributed by atoms with Crippen LogP contribution in [0.4, 0.5) is 0 Å². The summed E-state index contributed by atoms with van der Waals surface area (Å²) in [6, 6.07) is 0. The molecule has 2 rings (SSSR count). The fourth-order valence-electron chi connectivity index (χ4n) is 2.18. The molecule has 4 N–H and O–H groups in total. The van der Waals surface area contributed by atoms with E-state index in [-0.39, 0.29) is 21.8 Å². The van der Waals surface area contributed by atoms with Gasteiger partial charge in [-0.3, -0.25) is 9.89 Å². The number of amides is 1. The number of carbonyl (C=O) groups excluding carboxylic acids is 1. The molecule has 19 heavy (non-hydrogen) atoms. The van der Waals surface area contributed by atoms with Gasteiger partial charge < -0.3 is 5.32 Å². The first kappa shape index (κ1) is 14.0. The standard InChI is InChI=1S/C11H18N4O3S/c1-6-9(19(12,17)18)8(15-14-6)10(16)13-11(2,3)7-4-5-7/h7H,4-5H2,1-3H3,(H,13,16)(H,14,15)(H2,12,17,18). The van der Waals surface area contributed by atoms with Crippen molar-refractivity contribution < 1.29 is 13.2 Å². The number of primary sulfonamides is 1. The highest BCUT2D eigenvalue weighted by atomic mass is 32.2. The summed E-state index contributed by atoms with van der Waals surface area (Å²) in [4.78, 5) is 11.9. The number of rotatable bonds is 4. The summed E-state index contributed by atoms with van der Waals surface area (Å²) < 4.78 is 23.0. The quantitative estimate of drug-likeness (QED) is 0.736. The van der Waals surface area contributed by atoms with Gasteiger partial charge >= 0.3 is 0 Å². The van der Waals surface area contributed by atoms with Gasteiger partial charge in [-0.15, -0.1) is 0 Å². The number of hydrogen-bond donors (Lipinski definition) is 3. The van der Waals surface area contributed by atoms with Gasteiger partial charge in [-0.25, -0.2) is 13.6 Å². The van der Waals surface area contributed by atoms with Crippen molar-refractivity contribution in [2.75, 3.05) is 0 Å². The zero-order valence-corrected chi connectivity index (χ0v) is 12.0. The van der Waals surface area contributed by atoms with E-state index in [1.54, 1.807) is 0 Å². The van der Waals surface area contributed by atoms with Gasteiger partial charge in [0.15, 0.2) is 5.69 Å². The lowest BCUT2D eigenvalue weighted by atomic mass is 9.98. The zero-order chi connectivity index (χ0) is 14.4. The average Bonchev–Trinajstić information content (AvgIpc) is 3.00. The molecule has 1 aromatic heterocycles. The summed E-state index contributed by atoms with van der Waals surface area (Å²) in [6.45, 7) is 5.34. The number of sulfonamides is 1. The van der Waals surface area contributed by atoms with Crippen LogP contribution < -0.4 is 10.5 Å². The van der Waals surface area contributed by atoms with Crippen LogP contribution in [-0.4, -0.2) is 30.1 Å². The van der Waals surface area contributed by atoms with E-state index in [4.69, 9.17) is 5.14 Å². The lowest BCUT2D eigenvalue weighted by Crippen LogP contribution is -2.45. The molecule has 1 aromatic rings. The second-order valence-electron chi connectivity index (χ2n) is 5.52. The van der Waals surface area contributed by atoms with Crippen molar-refractivity contribution in [1.82, 2.24) is 15.5 Å². The maximum absolute atomic E-state index is 12.2. The SMILES string of the molecule is Cc1[nH]nc(C(=O)NC(C)(C)C2CC2)c1S(N)(=O)=O. The molecule has 7 nitrogen and oxygen atoms in total. The predicted molar refractivity (Wildman–Crippen MR) is 69.0 cm³/mol. The molecule has 0 spiro atoms. The van der Waals surface area contributed by atoms with Gasteiger partial charge in [-0.1, -0.05) is 0 Å². The van der Waals surface area contributed by atoms with Crippen LogP contribution in [0.5, 0.6) is 0 Å². The molecule has 1 fully saturated rings. The highest BCUT2D eigenvalue weighted by Gasteiger charge is 2.40. The summed E-state index contributed by atoms with van der Waals surface area (Å²) in [5.74, 6) is -0.0975. The van der Waals surface area contributed by atoms with E-state index < -0.39 is 15.9 Å². The second-order valence-corrected chi connectivity index (χ2v) is 7.02. The molecule has 0 aliphatic heterocycles. The predicted octanol–water partition coefficient (Wildman–Crippen LogP) is 0.284. The average molecular weight is 286 g/mol. The van der Waals surface area contributed by atoms with E-state index in [0.717, 1.165) is 12.8 Å². The molecule has 0 radical (unpaired) electrons. The molecule has 0 saturated heterocycles. The summed E-state index contributed by atoms with van der Waals surface area (Å²) in [5, 5.41) is 14.2. The normalized spacial score (nSPS) is 16.4. The van der Waals surface area contributed by atoms with Gasteiger partial charge in [0, 0.05) is 5.54 Å². The van der Waals surface area contributed by atoms with Gasteiger partial charge in [0.25, 0.3) is 5.91 Å². The van der Waals surface area contributed by atoms with E-state index in [1.165, 1.54) is 6.92 Å². The Kier molecular flexibility index (Phi) is 3.18. The van der Waals surface area contributed by atoms with Crippen molar-refractivity contribution in [2.45, 2.75) is 44.0 Å². The van der Waals surface area contributed by atoms with Gasteiger partial charge in [-0.05, 0) is 39.5 Å². The first-order valence-corrected chi connectivity index (χ1v) is 7.58. The number of H-pyrrole nitrogens is 1. The van der Waals surface area contributed by atoms with Crippen LogP contribution in [0.1, 0.15) is 42.9 Å². The Labute approximate surface area is 112 Å². The van der Waals surface area contributed by atoms with Gasteiger partial charge in [0.05, 0.1) is 5.69 Å². The molecule has 1 amide bonds. The van der Waals surface area contributed by atoms with Crippen LogP contribution >= 0.6 is 0 Å². The van der Waals surface area contributed by atoms with E-state index in [0.29, 0.717) is 5.92 Å². The fourth-order valence-corrected chi connectivity index (χ4v) is 3.06. The Morgan fingerprint density at radius 1 is 1.47 bits per heavy atom. The first-order chi connectivity index (χ1) is 8.63. The maximum Gasteiger partial charge on any atom is 0.273 e. The minimum absolute atomic E-state index is 0.172. The number of aromatic nitrogens is 2. The Hall–Kier alpha value is -1.41. The van der Waals surface area contributed by atoms with Crippen molar-refractivity contribution in [3.8, 4) is 0 Å². The lowest BCUT2D eigenvalue weighted by Gasteiger charge is -2.25. The summed E-state index contributed by atoms with van der Waals surface area (Å²) in [6.07, 6.45) is 2.13. The molecule has 106 valence electrons. The molecule has 1 aliphatic carbocycles. The van der Waals surface area contributed by atoms with E-state index >= 15 is 0 Å².